The van der Waals surface area contributed by atoms with E-state index in [2.05, 4.69) is 11.6 Å². The van der Waals surface area contributed by atoms with E-state index < -0.39 is 0 Å². The highest BCUT2D eigenvalue weighted by Gasteiger charge is 2.25. The number of amides is 1. The van der Waals surface area contributed by atoms with Gasteiger partial charge >= 0.3 is 0 Å². The molecule has 1 aromatic carbocycles. The molecule has 4 N–H and O–H groups in total. The molecule has 1 fully saturated rings. The van der Waals surface area contributed by atoms with Crippen LogP contribution in [0.4, 0.5) is 5.69 Å². The van der Waals surface area contributed by atoms with E-state index in [0.29, 0.717) is 10.8 Å². The molecule has 0 bridgehead atoms. The maximum absolute atomic E-state index is 12.0. The molecule has 1 saturated carbocycles. The van der Waals surface area contributed by atoms with E-state index in [9.17, 15) is 9.90 Å². The van der Waals surface area contributed by atoms with Crippen LogP contribution in [0.1, 0.15) is 29.6 Å². The van der Waals surface area contributed by atoms with E-state index in [4.69, 9.17) is 5.73 Å². The van der Waals surface area contributed by atoms with Crippen LogP contribution in [0.5, 0.6) is 5.75 Å². The van der Waals surface area contributed by atoms with Gasteiger partial charge in [-0.2, -0.15) is 11.8 Å². The third-order valence-electron chi connectivity index (χ3n) is 3.35. The van der Waals surface area contributed by atoms with Crippen LogP contribution in [0.15, 0.2) is 18.2 Å². The third kappa shape index (κ3) is 2.90. The third-order valence-corrected chi connectivity index (χ3v) is 4.44. The summed E-state index contributed by atoms with van der Waals surface area (Å²) in [5.41, 5.74) is 6.24. The lowest BCUT2D eigenvalue weighted by atomic mass is 10.1. The van der Waals surface area contributed by atoms with Crippen LogP contribution < -0.4 is 11.1 Å². The number of nitrogen functional groups attached to an aromatic ring is 1. The van der Waals surface area contributed by atoms with Gasteiger partial charge in [-0.3, -0.25) is 4.79 Å². The molecule has 0 aliphatic heterocycles. The van der Waals surface area contributed by atoms with Gasteiger partial charge in [-0.1, -0.05) is 0 Å². The van der Waals surface area contributed by atoms with Crippen LogP contribution in [0.2, 0.25) is 0 Å². The molecule has 18 heavy (non-hydrogen) atoms. The molecule has 0 aromatic heterocycles. The minimum absolute atomic E-state index is 0.0453. The highest BCUT2D eigenvalue weighted by atomic mass is 32.2. The minimum Gasteiger partial charge on any atom is -0.506 e. The van der Waals surface area contributed by atoms with Crippen LogP contribution in [0.25, 0.3) is 0 Å². The van der Waals surface area contributed by atoms with Crippen LogP contribution in [0, 0.1) is 0 Å². The molecule has 98 valence electrons. The first kappa shape index (κ1) is 13.1. The number of carbonyl (C=O) groups is 1. The Morgan fingerprint density at radius 1 is 1.50 bits per heavy atom. The summed E-state index contributed by atoms with van der Waals surface area (Å²) in [5.74, 6) is -0.187. The molecule has 4 nitrogen and oxygen atoms in total. The summed E-state index contributed by atoms with van der Waals surface area (Å²) < 4.78 is 0. The lowest BCUT2D eigenvalue weighted by Gasteiger charge is -2.13. The number of aromatic hydroxyl groups is 1. The van der Waals surface area contributed by atoms with Crippen molar-refractivity contribution in [2.24, 2.45) is 0 Å². The number of carbonyl (C=O) groups excluding carboxylic acids is 1. The van der Waals surface area contributed by atoms with Crippen LogP contribution in [-0.2, 0) is 0 Å². The number of hydrogen-bond acceptors (Lipinski definition) is 4. The Bertz CT molecular complexity index is 451. The normalized spacial score (nSPS) is 22.9. The van der Waals surface area contributed by atoms with Crippen molar-refractivity contribution in [3.63, 3.8) is 0 Å². The van der Waals surface area contributed by atoms with Crippen molar-refractivity contribution >= 4 is 23.4 Å². The Morgan fingerprint density at radius 2 is 2.28 bits per heavy atom. The molecule has 1 aliphatic carbocycles. The van der Waals surface area contributed by atoms with Crippen molar-refractivity contribution in [1.29, 1.82) is 0 Å². The second-order valence-corrected chi connectivity index (χ2v) is 5.75. The fourth-order valence-electron chi connectivity index (χ4n) is 2.24. The van der Waals surface area contributed by atoms with E-state index >= 15 is 0 Å². The molecule has 0 saturated heterocycles. The zero-order chi connectivity index (χ0) is 13.1. The Labute approximate surface area is 111 Å². The summed E-state index contributed by atoms with van der Waals surface area (Å²) in [4.78, 5) is 12.0. The zero-order valence-electron chi connectivity index (χ0n) is 10.3. The van der Waals surface area contributed by atoms with Crippen LogP contribution in [-0.4, -0.2) is 28.6 Å². The van der Waals surface area contributed by atoms with Gasteiger partial charge in [-0.05, 0) is 43.7 Å². The van der Waals surface area contributed by atoms with Gasteiger partial charge in [0.05, 0.1) is 5.69 Å². The predicted molar refractivity (Wildman–Crippen MR) is 74.9 cm³/mol. The first-order valence-electron chi connectivity index (χ1n) is 6.02. The monoisotopic (exact) mass is 266 g/mol. The highest BCUT2D eigenvalue weighted by Crippen LogP contribution is 2.28. The maximum Gasteiger partial charge on any atom is 0.251 e. The van der Waals surface area contributed by atoms with Crippen LogP contribution >= 0.6 is 11.8 Å². The Kier molecular flexibility index (Phi) is 4.01. The number of rotatable bonds is 3. The van der Waals surface area contributed by atoms with Gasteiger partial charge in [0.15, 0.2) is 0 Å². The summed E-state index contributed by atoms with van der Waals surface area (Å²) in [6, 6.07) is 4.83. The van der Waals surface area contributed by atoms with Crippen molar-refractivity contribution in [1.82, 2.24) is 5.32 Å². The first-order chi connectivity index (χ1) is 8.60. The second-order valence-electron chi connectivity index (χ2n) is 4.61. The predicted octanol–water partition coefficient (Wildman–Crippen LogP) is 1.99. The van der Waals surface area contributed by atoms with Gasteiger partial charge in [-0.15, -0.1) is 0 Å². The molecular weight excluding hydrogens is 248 g/mol. The number of thioether (sulfide) groups is 1. The fourth-order valence-corrected chi connectivity index (χ4v) is 3.04. The molecule has 0 spiro atoms. The summed E-state index contributed by atoms with van der Waals surface area (Å²) in [7, 11) is 0. The van der Waals surface area contributed by atoms with Crippen molar-refractivity contribution < 1.29 is 9.90 Å². The number of phenolic OH excluding ortho intramolecular Hbond substituents is 1. The standard InChI is InChI=1S/C13H18N2O2S/c1-18-10-4-3-9(7-10)15-13(17)8-2-5-11(14)12(16)6-8/h2,5-6,9-10,16H,3-4,7,14H2,1H3,(H,15,17). The van der Waals surface area contributed by atoms with E-state index in [1.807, 2.05) is 11.8 Å². The average Bonchev–Trinajstić information content (AvgIpc) is 2.80. The smallest absolute Gasteiger partial charge is 0.251 e. The van der Waals surface area contributed by atoms with Gasteiger partial charge < -0.3 is 16.2 Å². The number of phenols is 1. The largest absolute Gasteiger partial charge is 0.506 e. The van der Waals surface area contributed by atoms with Crippen molar-refractivity contribution in [3.8, 4) is 5.75 Å². The molecule has 1 aliphatic rings. The summed E-state index contributed by atoms with van der Waals surface area (Å²) >= 11 is 1.86. The highest BCUT2D eigenvalue weighted by molar-refractivity contribution is 7.99. The number of benzene rings is 1. The molecule has 2 rings (SSSR count). The minimum atomic E-state index is -0.142. The van der Waals surface area contributed by atoms with E-state index in [-0.39, 0.29) is 23.4 Å². The van der Waals surface area contributed by atoms with Crippen molar-refractivity contribution in [3.05, 3.63) is 23.8 Å². The molecule has 0 radical (unpaired) electrons. The maximum atomic E-state index is 12.0. The van der Waals surface area contributed by atoms with Gasteiger partial charge in [-0.25, -0.2) is 0 Å². The van der Waals surface area contributed by atoms with E-state index in [1.54, 1.807) is 12.1 Å². The molecule has 1 aromatic rings. The topological polar surface area (TPSA) is 75.4 Å². The molecule has 0 heterocycles. The Balaban J connectivity index is 1.97. The molecule has 2 atom stereocenters. The lowest BCUT2D eigenvalue weighted by Crippen LogP contribution is -2.33. The van der Waals surface area contributed by atoms with E-state index in [1.165, 1.54) is 6.07 Å². The quantitative estimate of drug-likeness (QED) is 0.577. The van der Waals surface area contributed by atoms with Gasteiger partial charge in [0.2, 0.25) is 0 Å². The summed E-state index contributed by atoms with van der Waals surface area (Å²) in [5, 5.41) is 13.1. The Morgan fingerprint density at radius 3 is 2.89 bits per heavy atom. The molecule has 5 heteroatoms. The zero-order valence-corrected chi connectivity index (χ0v) is 11.2. The number of nitrogens with two attached hydrogens (primary N) is 1. The number of nitrogens with one attached hydrogen (secondary N) is 1. The number of anilines is 1. The van der Waals surface area contributed by atoms with Gasteiger partial charge in [0.1, 0.15) is 5.75 Å². The molecule has 1 amide bonds. The fraction of sp³-hybridized carbons (Fsp3) is 0.462. The summed E-state index contributed by atoms with van der Waals surface area (Å²) in [6.07, 6.45) is 5.30. The number of hydrogen-bond donors (Lipinski definition) is 3. The SMILES string of the molecule is CSC1CCC(NC(=O)c2ccc(N)c(O)c2)C1. The van der Waals surface area contributed by atoms with Gasteiger partial charge in [0, 0.05) is 16.9 Å². The molecule has 2 unspecified atom stereocenters. The first-order valence-corrected chi connectivity index (χ1v) is 7.31. The summed E-state index contributed by atoms with van der Waals surface area (Å²) in [6.45, 7) is 0. The van der Waals surface area contributed by atoms with Crippen molar-refractivity contribution in [2.75, 3.05) is 12.0 Å². The average molecular weight is 266 g/mol. The van der Waals surface area contributed by atoms with Gasteiger partial charge in [0.25, 0.3) is 5.91 Å². The van der Waals surface area contributed by atoms with Crippen LogP contribution in [0.3, 0.4) is 0 Å². The molecular formula is C13H18N2O2S. The Hall–Kier alpha value is -1.36. The second kappa shape index (κ2) is 5.52. The van der Waals surface area contributed by atoms with E-state index in [0.717, 1.165) is 19.3 Å². The van der Waals surface area contributed by atoms with Crippen molar-refractivity contribution in [2.45, 2.75) is 30.6 Å². The lowest BCUT2D eigenvalue weighted by molar-refractivity contribution is 0.0937.